The molecule has 0 aliphatic rings. The van der Waals surface area contributed by atoms with Crippen molar-refractivity contribution in [2.45, 2.75) is 10.8 Å². The Bertz CT molecular complexity index is 1230. The average molecular weight is 393 g/mol. The summed E-state index contributed by atoms with van der Waals surface area (Å²) >= 11 is 1.51. The summed E-state index contributed by atoms with van der Waals surface area (Å²) in [7, 11) is 0. The molecule has 28 heavy (non-hydrogen) atoms. The van der Waals surface area contributed by atoms with Gasteiger partial charge in [0.15, 0.2) is 11.4 Å². The molecule has 138 valence electrons. The highest BCUT2D eigenvalue weighted by atomic mass is 32.2. The monoisotopic (exact) mass is 393 g/mol. The molecule has 0 N–H and O–H groups in total. The lowest BCUT2D eigenvalue weighted by molar-refractivity contribution is 0.413. The Morgan fingerprint density at radius 3 is 2.79 bits per heavy atom. The standard InChI is InChI=1S/C19H12FN5O2S/c20-12-3-5-14(6-4-12)25-18-15(9-23-25)19(22-11-21-18)28-10-13-8-17(27-24-13)16-2-1-7-26-16/h1-9,11H,10H2. The highest BCUT2D eigenvalue weighted by Crippen LogP contribution is 2.29. The summed E-state index contributed by atoms with van der Waals surface area (Å²) in [6, 6.07) is 11.5. The molecule has 0 radical (unpaired) electrons. The second kappa shape index (κ2) is 6.93. The van der Waals surface area contributed by atoms with Gasteiger partial charge in [-0.2, -0.15) is 5.10 Å². The summed E-state index contributed by atoms with van der Waals surface area (Å²) < 4.78 is 25.5. The molecule has 0 spiro atoms. The molecular formula is C19H12FN5O2S. The normalized spacial score (nSPS) is 11.3. The van der Waals surface area contributed by atoms with Crippen LogP contribution < -0.4 is 0 Å². The second-order valence-corrected chi connectivity index (χ2v) is 6.86. The summed E-state index contributed by atoms with van der Waals surface area (Å²) in [6.45, 7) is 0. The molecule has 0 amide bonds. The Kier molecular flexibility index (Phi) is 4.13. The number of aromatic nitrogens is 5. The van der Waals surface area contributed by atoms with E-state index in [1.165, 1.54) is 30.2 Å². The topological polar surface area (TPSA) is 82.8 Å². The SMILES string of the molecule is Fc1ccc(-n2ncc3c(SCc4cc(-c5ccco5)on4)ncnc32)cc1. The van der Waals surface area contributed by atoms with Gasteiger partial charge in [-0.05, 0) is 36.4 Å². The van der Waals surface area contributed by atoms with Crippen molar-refractivity contribution in [3.05, 3.63) is 72.8 Å². The zero-order valence-electron chi connectivity index (χ0n) is 14.3. The number of hydrogen-bond acceptors (Lipinski definition) is 7. The molecule has 0 aliphatic heterocycles. The zero-order valence-corrected chi connectivity index (χ0v) is 15.1. The van der Waals surface area contributed by atoms with Crippen molar-refractivity contribution in [2.24, 2.45) is 0 Å². The van der Waals surface area contributed by atoms with Gasteiger partial charge in [-0.3, -0.25) is 0 Å². The van der Waals surface area contributed by atoms with Crippen LogP contribution in [0.1, 0.15) is 5.69 Å². The van der Waals surface area contributed by atoms with Crippen LogP contribution in [0.15, 0.2) is 75.2 Å². The molecule has 0 atom stereocenters. The maximum Gasteiger partial charge on any atom is 0.202 e. The van der Waals surface area contributed by atoms with Gasteiger partial charge in [-0.25, -0.2) is 19.0 Å². The largest absolute Gasteiger partial charge is 0.461 e. The first kappa shape index (κ1) is 16.7. The summed E-state index contributed by atoms with van der Waals surface area (Å²) in [5.74, 6) is 1.48. The minimum Gasteiger partial charge on any atom is -0.461 e. The molecule has 9 heteroatoms. The van der Waals surface area contributed by atoms with Gasteiger partial charge in [0.1, 0.15) is 17.2 Å². The highest BCUT2D eigenvalue weighted by Gasteiger charge is 2.14. The van der Waals surface area contributed by atoms with Crippen LogP contribution >= 0.6 is 11.8 Å². The van der Waals surface area contributed by atoms with Crippen molar-refractivity contribution in [3.63, 3.8) is 0 Å². The quantitative estimate of drug-likeness (QED) is 0.321. The third kappa shape index (κ3) is 3.05. The maximum atomic E-state index is 13.2. The van der Waals surface area contributed by atoms with E-state index < -0.39 is 0 Å². The number of thioether (sulfide) groups is 1. The van der Waals surface area contributed by atoms with E-state index in [1.54, 1.807) is 35.3 Å². The fourth-order valence-electron chi connectivity index (χ4n) is 2.77. The van der Waals surface area contributed by atoms with Crippen molar-refractivity contribution < 1.29 is 13.3 Å². The summed E-state index contributed by atoms with van der Waals surface area (Å²) in [5, 5.41) is 10.0. The van der Waals surface area contributed by atoms with Crippen molar-refractivity contribution in [1.29, 1.82) is 0 Å². The van der Waals surface area contributed by atoms with E-state index in [-0.39, 0.29) is 5.82 Å². The van der Waals surface area contributed by atoms with Gasteiger partial charge in [0.2, 0.25) is 5.76 Å². The summed E-state index contributed by atoms with van der Waals surface area (Å²) in [5.41, 5.74) is 2.15. The second-order valence-electron chi connectivity index (χ2n) is 5.90. The molecule has 0 bridgehead atoms. The molecule has 0 fully saturated rings. The number of fused-ring (bicyclic) bond motifs is 1. The first-order chi connectivity index (χ1) is 13.8. The Balaban J connectivity index is 1.40. The van der Waals surface area contributed by atoms with Gasteiger partial charge in [-0.15, -0.1) is 0 Å². The average Bonchev–Trinajstić information content (AvgIpc) is 3.46. The number of nitrogens with zero attached hydrogens (tertiary/aromatic N) is 5. The molecule has 7 nitrogen and oxygen atoms in total. The van der Waals surface area contributed by atoms with E-state index in [0.717, 1.165) is 21.8 Å². The lowest BCUT2D eigenvalue weighted by Crippen LogP contribution is -1.98. The van der Waals surface area contributed by atoms with E-state index in [2.05, 4.69) is 20.2 Å². The zero-order chi connectivity index (χ0) is 18.9. The molecule has 0 saturated heterocycles. The van der Waals surface area contributed by atoms with Crippen LogP contribution in [0.2, 0.25) is 0 Å². The number of benzene rings is 1. The van der Waals surface area contributed by atoms with Gasteiger partial charge in [0, 0.05) is 11.8 Å². The van der Waals surface area contributed by atoms with Crippen LogP contribution in [0.25, 0.3) is 28.2 Å². The Morgan fingerprint density at radius 2 is 1.96 bits per heavy atom. The molecule has 0 saturated carbocycles. The van der Waals surface area contributed by atoms with E-state index in [4.69, 9.17) is 8.94 Å². The molecule has 5 rings (SSSR count). The van der Waals surface area contributed by atoms with Gasteiger partial charge < -0.3 is 8.94 Å². The van der Waals surface area contributed by atoms with Crippen molar-refractivity contribution >= 4 is 22.8 Å². The van der Waals surface area contributed by atoms with E-state index in [9.17, 15) is 4.39 Å². The fourth-order valence-corrected chi connectivity index (χ4v) is 3.61. The first-order valence-corrected chi connectivity index (χ1v) is 9.33. The van der Waals surface area contributed by atoms with Crippen LogP contribution in [0.4, 0.5) is 4.39 Å². The van der Waals surface area contributed by atoms with Crippen LogP contribution in [-0.2, 0) is 5.75 Å². The molecule has 0 aliphatic carbocycles. The minimum absolute atomic E-state index is 0.299. The third-order valence-corrected chi connectivity index (χ3v) is 5.12. The molecule has 4 aromatic heterocycles. The molecule has 0 unspecified atom stereocenters. The molecule has 4 heterocycles. The van der Waals surface area contributed by atoms with Gasteiger partial charge >= 0.3 is 0 Å². The predicted octanol–water partition coefficient (Wildman–Crippen LogP) is 4.49. The molecular weight excluding hydrogens is 381 g/mol. The first-order valence-electron chi connectivity index (χ1n) is 8.35. The van der Waals surface area contributed by atoms with Gasteiger partial charge in [-0.1, -0.05) is 16.9 Å². The van der Waals surface area contributed by atoms with E-state index in [1.807, 2.05) is 12.1 Å². The van der Waals surface area contributed by atoms with Crippen molar-refractivity contribution in [1.82, 2.24) is 24.9 Å². The van der Waals surface area contributed by atoms with Crippen molar-refractivity contribution in [3.8, 4) is 17.2 Å². The van der Waals surface area contributed by atoms with Gasteiger partial charge in [0.25, 0.3) is 0 Å². The van der Waals surface area contributed by atoms with Crippen LogP contribution in [0, 0.1) is 5.82 Å². The summed E-state index contributed by atoms with van der Waals surface area (Å²) in [4.78, 5) is 8.69. The lowest BCUT2D eigenvalue weighted by Gasteiger charge is -2.03. The molecule has 1 aromatic carbocycles. The fraction of sp³-hybridized carbons (Fsp3) is 0.0526. The van der Waals surface area contributed by atoms with E-state index >= 15 is 0 Å². The van der Waals surface area contributed by atoms with Crippen LogP contribution in [0.3, 0.4) is 0 Å². The number of furan rings is 1. The van der Waals surface area contributed by atoms with Gasteiger partial charge in [0.05, 0.1) is 29.2 Å². The van der Waals surface area contributed by atoms with Crippen molar-refractivity contribution in [2.75, 3.05) is 0 Å². The summed E-state index contributed by atoms with van der Waals surface area (Å²) in [6.07, 6.45) is 4.78. The number of halogens is 1. The Labute approximate surface area is 162 Å². The number of rotatable bonds is 5. The smallest absolute Gasteiger partial charge is 0.202 e. The molecule has 5 aromatic rings. The van der Waals surface area contributed by atoms with Crippen LogP contribution in [0.5, 0.6) is 0 Å². The highest BCUT2D eigenvalue weighted by molar-refractivity contribution is 7.98. The van der Waals surface area contributed by atoms with E-state index in [0.29, 0.717) is 22.9 Å². The lowest BCUT2D eigenvalue weighted by atomic mass is 10.3. The Hall–Kier alpha value is -3.46. The Morgan fingerprint density at radius 1 is 1.07 bits per heavy atom. The predicted molar refractivity (Wildman–Crippen MR) is 100 cm³/mol. The maximum absolute atomic E-state index is 13.2. The minimum atomic E-state index is -0.299. The number of hydrogen-bond donors (Lipinski definition) is 0. The van der Waals surface area contributed by atoms with Crippen LogP contribution in [-0.4, -0.2) is 24.9 Å². The third-order valence-electron chi connectivity index (χ3n) is 4.08.